The zero-order chi connectivity index (χ0) is 28.5. The van der Waals surface area contributed by atoms with Gasteiger partial charge in [-0.25, -0.2) is 9.59 Å². The molecule has 0 saturated heterocycles. The Balaban J connectivity index is 1.57. The number of benzene rings is 4. The van der Waals surface area contributed by atoms with Gasteiger partial charge in [0.25, 0.3) is 0 Å². The number of methoxy groups -OCH3 is 2. The fourth-order valence-electron chi connectivity index (χ4n) is 3.91. The van der Waals surface area contributed by atoms with Crippen LogP contribution in [0.3, 0.4) is 0 Å². The van der Waals surface area contributed by atoms with Crippen LogP contribution in [0.5, 0.6) is 23.0 Å². The predicted molar refractivity (Wildman–Crippen MR) is 151 cm³/mol. The summed E-state index contributed by atoms with van der Waals surface area (Å²) in [6.07, 6.45) is 0. The molecular weight excluding hydrogens is 516 g/mol. The molecule has 0 bridgehead atoms. The second-order valence-corrected chi connectivity index (χ2v) is 8.44. The Morgan fingerprint density at radius 2 is 0.950 bits per heavy atom. The summed E-state index contributed by atoms with van der Waals surface area (Å²) >= 11 is 0. The summed E-state index contributed by atoms with van der Waals surface area (Å²) in [5.41, 5.74) is 4.27. The van der Waals surface area contributed by atoms with Crippen molar-refractivity contribution in [3.8, 4) is 34.1 Å². The summed E-state index contributed by atoms with van der Waals surface area (Å²) in [5, 5.41) is 24.4. The highest BCUT2D eigenvalue weighted by Crippen LogP contribution is 2.39. The summed E-state index contributed by atoms with van der Waals surface area (Å²) in [5.74, 6) is -0.196. The van der Waals surface area contributed by atoms with Crippen molar-refractivity contribution in [2.45, 2.75) is 0 Å². The van der Waals surface area contributed by atoms with Crippen LogP contribution in [0.2, 0.25) is 0 Å². The molecule has 0 spiro atoms. The van der Waals surface area contributed by atoms with Crippen molar-refractivity contribution in [2.75, 3.05) is 38.1 Å². The van der Waals surface area contributed by atoms with Gasteiger partial charge in [0.2, 0.25) is 0 Å². The third-order valence-electron chi connectivity index (χ3n) is 5.75. The van der Waals surface area contributed by atoms with Crippen LogP contribution >= 0.6 is 0 Å². The van der Waals surface area contributed by atoms with Crippen molar-refractivity contribution < 1.29 is 38.7 Å². The number of carboxylic acids is 2. The maximum absolute atomic E-state index is 10.9. The van der Waals surface area contributed by atoms with Crippen LogP contribution in [-0.4, -0.2) is 49.6 Å². The molecule has 0 aliphatic heterocycles. The van der Waals surface area contributed by atoms with Gasteiger partial charge in [0.15, 0.2) is 13.2 Å². The Bertz CT molecular complexity index is 1390. The van der Waals surface area contributed by atoms with Gasteiger partial charge in [-0.15, -0.1) is 0 Å². The van der Waals surface area contributed by atoms with Crippen molar-refractivity contribution in [1.29, 1.82) is 0 Å². The molecule has 10 nitrogen and oxygen atoms in total. The van der Waals surface area contributed by atoms with Crippen molar-refractivity contribution in [1.82, 2.24) is 0 Å². The zero-order valence-corrected chi connectivity index (χ0v) is 21.8. The van der Waals surface area contributed by atoms with Gasteiger partial charge in [-0.1, -0.05) is 36.4 Å². The number of anilines is 4. The third-order valence-corrected chi connectivity index (χ3v) is 5.75. The van der Waals surface area contributed by atoms with Gasteiger partial charge in [-0.3, -0.25) is 0 Å². The van der Waals surface area contributed by atoms with Crippen molar-refractivity contribution in [3.63, 3.8) is 0 Å². The van der Waals surface area contributed by atoms with E-state index in [-0.39, 0.29) is 0 Å². The van der Waals surface area contributed by atoms with Crippen LogP contribution in [-0.2, 0) is 9.59 Å². The van der Waals surface area contributed by atoms with E-state index < -0.39 is 25.2 Å². The zero-order valence-electron chi connectivity index (χ0n) is 21.8. The standard InChI is InChI=1S/C30H28N2O8/c1-37-27-15-19(11-13-23(27)31-21-7-3-5-9-25(21)39-17-29(33)34)20-12-14-24(28(16-20)38-2)32-22-8-4-6-10-26(22)40-18-30(35)36/h3-16,31-32H,17-18H2,1-2H3,(H,33,34)(H,35,36). The molecule has 0 aliphatic rings. The van der Waals surface area contributed by atoms with E-state index in [1.54, 1.807) is 50.6 Å². The fourth-order valence-corrected chi connectivity index (χ4v) is 3.91. The predicted octanol–water partition coefficient (Wildman–Crippen LogP) is 5.78. The first-order valence-electron chi connectivity index (χ1n) is 12.2. The Morgan fingerprint density at radius 3 is 1.32 bits per heavy atom. The number of aliphatic carboxylic acids is 2. The van der Waals surface area contributed by atoms with E-state index >= 15 is 0 Å². The van der Waals surface area contributed by atoms with Gasteiger partial charge in [0, 0.05) is 0 Å². The minimum absolute atomic E-state index is 0.402. The molecule has 0 fully saturated rings. The number of rotatable bonds is 13. The molecule has 10 heteroatoms. The number of hydrogen-bond donors (Lipinski definition) is 4. The molecule has 0 radical (unpaired) electrons. The lowest BCUT2D eigenvalue weighted by molar-refractivity contribution is -0.140. The lowest BCUT2D eigenvalue weighted by Crippen LogP contribution is -2.10. The summed E-state index contributed by atoms with van der Waals surface area (Å²) in [6.45, 7) is -0.912. The number of carboxylic acid groups (broad SMARTS) is 2. The molecule has 4 aromatic carbocycles. The quantitative estimate of drug-likeness (QED) is 0.164. The van der Waals surface area contributed by atoms with Crippen LogP contribution in [0, 0.1) is 0 Å². The van der Waals surface area contributed by atoms with Crippen LogP contribution in [0.15, 0.2) is 84.9 Å². The number of para-hydroxylation sites is 4. The fraction of sp³-hybridized carbons (Fsp3) is 0.133. The molecular formula is C30H28N2O8. The molecule has 206 valence electrons. The monoisotopic (exact) mass is 544 g/mol. The lowest BCUT2D eigenvalue weighted by atomic mass is 10.0. The topological polar surface area (TPSA) is 136 Å². The molecule has 4 rings (SSSR count). The van der Waals surface area contributed by atoms with E-state index in [0.29, 0.717) is 45.7 Å². The molecule has 4 aromatic rings. The summed E-state index contributed by atoms with van der Waals surface area (Å²) < 4.78 is 22.0. The SMILES string of the molecule is COc1cc(-c2ccc(Nc3ccccc3OCC(=O)O)c(OC)c2)ccc1Nc1ccccc1OCC(=O)O. The maximum atomic E-state index is 10.9. The van der Waals surface area contributed by atoms with Crippen LogP contribution in [0.1, 0.15) is 0 Å². The van der Waals surface area contributed by atoms with E-state index in [0.717, 1.165) is 11.1 Å². The number of ether oxygens (including phenoxy) is 4. The molecule has 0 unspecified atom stereocenters. The highest BCUT2D eigenvalue weighted by Gasteiger charge is 2.13. The summed E-state index contributed by atoms with van der Waals surface area (Å²) in [6, 6.07) is 25.4. The highest BCUT2D eigenvalue weighted by molar-refractivity contribution is 5.79. The van der Waals surface area contributed by atoms with Crippen LogP contribution < -0.4 is 29.6 Å². The molecule has 0 aromatic heterocycles. The van der Waals surface area contributed by atoms with Crippen LogP contribution in [0.25, 0.3) is 11.1 Å². The van der Waals surface area contributed by atoms with Gasteiger partial charge in [0.05, 0.1) is 37.0 Å². The van der Waals surface area contributed by atoms with Gasteiger partial charge in [0.1, 0.15) is 23.0 Å². The van der Waals surface area contributed by atoms with Gasteiger partial charge >= 0.3 is 11.9 Å². The molecule has 0 atom stereocenters. The van der Waals surface area contributed by atoms with E-state index in [1.807, 2.05) is 48.5 Å². The van der Waals surface area contributed by atoms with Gasteiger partial charge in [-0.05, 0) is 59.7 Å². The number of nitrogens with one attached hydrogen (secondary N) is 2. The molecule has 40 heavy (non-hydrogen) atoms. The maximum Gasteiger partial charge on any atom is 0.341 e. The van der Waals surface area contributed by atoms with Crippen molar-refractivity contribution in [2.24, 2.45) is 0 Å². The Labute approximate surface area is 230 Å². The van der Waals surface area contributed by atoms with E-state index in [2.05, 4.69) is 10.6 Å². The average Bonchev–Trinajstić information content (AvgIpc) is 2.96. The largest absolute Gasteiger partial charge is 0.495 e. The smallest absolute Gasteiger partial charge is 0.341 e. The normalized spacial score (nSPS) is 10.3. The summed E-state index contributed by atoms with van der Waals surface area (Å²) in [4.78, 5) is 21.9. The third kappa shape index (κ3) is 6.93. The van der Waals surface area contributed by atoms with E-state index in [9.17, 15) is 9.59 Å². The molecule has 4 N–H and O–H groups in total. The van der Waals surface area contributed by atoms with Crippen molar-refractivity contribution in [3.05, 3.63) is 84.9 Å². The van der Waals surface area contributed by atoms with E-state index in [1.165, 1.54) is 0 Å². The highest BCUT2D eigenvalue weighted by atomic mass is 16.5. The number of carbonyl (C=O) groups is 2. The molecule has 0 amide bonds. The minimum atomic E-state index is -1.07. The second-order valence-electron chi connectivity index (χ2n) is 8.44. The van der Waals surface area contributed by atoms with Crippen molar-refractivity contribution >= 4 is 34.7 Å². The Morgan fingerprint density at radius 1 is 0.575 bits per heavy atom. The summed E-state index contributed by atoms with van der Waals surface area (Å²) in [7, 11) is 3.13. The van der Waals surface area contributed by atoms with Crippen LogP contribution in [0.4, 0.5) is 22.7 Å². The first kappa shape index (κ1) is 27.6. The molecule has 0 heterocycles. The Hall–Kier alpha value is -5.38. The number of hydrogen-bond acceptors (Lipinski definition) is 8. The van der Waals surface area contributed by atoms with Gasteiger partial charge < -0.3 is 39.8 Å². The Kier molecular flexibility index (Phi) is 8.93. The molecule has 0 saturated carbocycles. The lowest BCUT2D eigenvalue weighted by Gasteiger charge is -2.17. The van der Waals surface area contributed by atoms with Gasteiger partial charge in [-0.2, -0.15) is 0 Å². The second kappa shape index (κ2) is 12.9. The first-order valence-corrected chi connectivity index (χ1v) is 12.2. The first-order chi connectivity index (χ1) is 19.4. The molecule has 0 aliphatic carbocycles. The average molecular weight is 545 g/mol. The van der Waals surface area contributed by atoms with E-state index in [4.69, 9.17) is 29.2 Å². The minimum Gasteiger partial charge on any atom is -0.495 e.